The molecule has 1 rings (SSSR count). The SMILES string of the molecule is CC(C)CN(CC(C)C)C(=O)CCc1cccs1. The van der Waals surface area contributed by atoms with Crippen LogP contribution >= 0.6 is 11.3 Å². The number of carbonyl (C=O) groups is 1. The zero-order valence-corrected chi connectivity index (χ0v) is 12.8. The summed E-state index contributed by atoms with van der Waals surface area (Å²) < 4.78 is 0. The second-order valence-corrected chi connectivity index (χ2v) is 6.70. The highest BCUT2D eigenvalue weighted by Crippen LogP contribution is 2.13. The van der Waals surface area contributed by atoms with E-state index in [2.05, 4.69) is 39.1 Å². The summed E-state index contributed by atoms with van der Waals surface area (Å²) in [5.74, 6) is 1.37. The molecule has 102 valence electrons. The van der Waals surface area contributed by atoms with E-state index >= 15 is 0 Å². The van der Waals surface area contributed by atoms with Crippen LogP contribution < -0.4 is 0 Å². The van der Waals surface area contributed by atoms with E-state index in [-0.39, 0.29) is 0 Å². The first-order chi connectivity index (χ1) is 8.49. The molecule has 1 aromatic rings. The summed E-state index contributed by atoms with van der Waals surface area (Å²) in [5.41, 5.74) is 0. The molecular formula is C15H25NOS. The lowest BCUT2D eigenvalue weighted by atomic mass is 10.1. The molecule has 3 heteroatoms. The van der Waals surface area contributed by atoms with Gasteiger partial charge in [-0.05, 0) is 29.7 Å². The van der Waals surface area contributed by atoms with Gasteiger partial charge in [-0.3, -0.25) is 4.79 Å². The van der Waals surface area contributed by atoms with Gasteiger partial charge >= 0.3 is 0 Å². The van der Waals surface area contributed by atoms with Crippen LogP contribution in [-0.4, -0.2) is 23.9 Å². The van der Waals surface area contributed by atoms with Gasteiger partial charge in [0, 0.05) is 24.4 Å². The average molecular weight is 267 g/mol. The number of nitrogens with zero attached hydrogens (tertiary/aromatic N) is 1. The maximum Gasteiger partial charge on any atom is 0.222 e. The van der Waals surface area contributed by atoms with E-state index in [9.17, 15) is 4.79 Å². The van der Waals surface area contributed by atoms with Gasteiger partial charge < -0.3 is 4.90 Å². The normalized spacial score (nSPS) is 11.2. The molecule has 0 spiro atoms. The molecular weight excluding hydrogens is 242 g/mol. The summed E-state index contributed by atoms with van der Waals surface area (Å²) in [4.78, 5) is 15.6. The Balaban J connectivity index is 2.47. The second-order valence-electron chi connectivity index (χ2n) is 5.67. The second kappa shape index (κ2) is 7.57. The van der Waals surface area contributed by atoms with Crippen molar-refractivity contribution in [1.29, 1.82) is 0 Å². The Kier molecular flexibility index (Phi) is 6.41. The summed E-state index contributed by atoms with van der Waals surface area (Å²) in [6.45, 7) is 10.4. The lowest BCUT2D eigenvalue weighted by molar-refractivity contribution is -0.132. The number of rotatable bonds is 7. The molecule has 0 aliphatic rings. The fourth-order valence-corrected chi connectivity index (χ4v) is 2.71. The van der Waals surface area contributed by atoms with Crippen LogP contribution in [-0.2, 0) is 11.2 Å². The molecule has 0 atom stereocenters. The highest BCUT2D eigenvalue weighted by molar-refractivity contribution is 7.09. The maximum absolute atomic E-state index is 12.2. The summed E-state index contributed by atoms with van der Waals surface area (Å²) in [7, 11) is 0. The minimum Gasteiger partial charge on any atom is -0.342 e. The molecule has 0 saturated heterocycles. The van der Waals surface area contributed by atoms with E-state index < -0.39 is 0 Å². The van der Waals surface area contributed by atoms with Gasteiger partial charge in [0.25, 0.3) is 0 Å². The van der Waals surface area contributed by atoms with E-state index in [1.165, 1.54) is 4.88 Å². The van der Waals surface area contributed by atoms with E-state index in [4.69, 9.17) is 0 Å². The first-order valence-electron chi connectivity index (χ1n) is 6.79. The molecule has 2 nitrogen and oxygen atoms in total. The van der Waals surface area contributed by atoms with Crippen LogP contribution in [0.2, 0.25) is 0 Å². The number of carbonyl (C=O) groups excluding carboxylic acids is 1. The number of amides is 1. The van der Waals surface area contributed by atoms with E-state index in [0.717, 1.165) is 19.5 Å². The average Bonchev–Trinajstić information content (AvgIpc) is 2.76. The van der Waals surface area contributed by atoms with E-state index in [1.54, 1.807) is 11.3 Å². The largest absolute Gasteiger partial charge is 0.342 e. The summed E-state index contributed by atoms with van der Waals surface area (Å²) in [5, 5.41) is 2.07. The Morgan fingerprint density at radius 2 is 1.83 bits per heavy atom. The van der Waals surface area contributed by atoms with Crippen molar-refractivity contribution in [2.45, 2.75) is 40.5 Å². The van der Waals surface area contributed by atoms with Crippen LogP contribution in [0.5, 0.6) is 0 Å². The third kappa shape index (κ3) is 5.67. The molecule has 0 aliphatic heterocycles. The summed E-state index contributed by atoms with van der Waals surface area (Å²) in [6, 6.07) is 4.15. The Morgan fingerprint density at radius 3 is 2.28 bits per heavy atom. The minimum absolute atomic E-state index is 0.297. The van der Waals surface area contributed by atoms with Crippen LogP contribution in [0.3, 0.4) is 0 Å². The molecule has 0 fully saturated rings. The number of thiophene rings is 1. The molecule has 1 amide bonds. The predicted molar refractivity (Wildman–Crippen MR) is 78.9 cm³/mol. The molecule has 1 heterocycles. The fraction of sp³-hybridized carbons (Fsp3) is 0.667. The van der Waals surface area contributed by atoms with Crippen LogP contribution in [0.4, 0.5) is 0 Å². The van der Waals surface area contributed by atoms with Crippen molar-refractivity contribution in [3.8, 4) is 0 Å². The van der Waals surface area contributed by atoms with Gasteiger partial charge in [-0.25, -0.2) is 0 Å². The van der Waals surface area contributed by atoms with Gasteiger partial charge in [0.05, 0.1) is 0 Å². The summed E-state index contributed by atoms with van der Waals surface area (Å²) >= 11 is 1.73. The summed E-state index contributed by atoms with van der Waals surface area (Å²) in [6.07, 6.45) is 1.52. The molecule has 0 bridgehead atoms. The van der Waals surface area contributed by atoms with Crippen molar-refractivity contribution in [1.82, 2.24) is 4.90 Å². The standard InChI is InChI=1S/C15H25NOS/c1-12(2)10-16(11-13(3)4)15(17)8-7-14-6-5-9-18-14/h5-6,9,12-13H,7-8,10-11H2,1-4H3. The van der Waals surface area contributed by atoms with Gasteiger partial charge in [0.15, 0.2) is 0 Å². The first kappa shape index (κ1) is 15.2. The molecule has 18 heavy (non-hydrogen) atoms. The van der Waals surface area contributed by atoms with Crippen molar-refractivity contribution in [3.05, 3.63) is 22.4 Å². The Morgan fingerprint density at radius 1 is 1.22 bits per heavy atom. The third-order valence-electron chi connectivity index (χ3n) is 2.69. The highest BCUT2D eigenvalue weighted by Gasteiger charge is 2.16. The lowest BCUT2D eigenvalue weighted by Gasteiger charge is -2.26. The third-order valence-corrected chi connectivity index (χ3v) is 3.63. The highest BCUT2D eigenvalue weighted by atomic mass is 32.1. The maximum atomic E-state index is 12.2. The molecule has 0 aromatic carbocycles. The monoisotopic (exact) mass is 267 g/mol. The Hall–Kier alpha value is -0.830. The zero-order valence-electron chi connectivity index (χ0n) is 12.0. The molecule has 0 saturated carbocycles. The number of hydrogen-bond donors (Lipinski definition) is 0. The Labute approximate surface area is 115 Å². The van der Waals surface area contributed by atoms with Crippen molar-refractivity contribution >= 4 is 17.2 Å². The number of aryl methyl sites for hydroxylation is 1. The van der Waals surface area contributed by atoms with Crippen molar-refractivity contribution < 1.29 is 4.79 Å². The van der Waals surface area contributed by atoms with Crippen molar-refractivity contribution in [3.63, 3.8) is 0 Å². The van der Waals surface area contributed by atoms with Gasteiger partial charge in [0.1, 0.15) is 0 Å². The molecule has 0 aliphatic carbocycles. The van der Waals surface area contributed by atoms with E-state index in [1.807, 2.05) is 11.0 Å². The van der Waals surface area contributed by atoms with Crippen molar-refractivity contribution in [2.24, 2.45) is 11.8 Å². The van der Waals surface area contributed by atoms with Crippen LogP contribution in [0.25, 0.3) is 0 Å². The zero-order chi connectivity index (χ0) is 13.5. The Bertz CT molecular complexity index is 333. The first-order valence-corrected chi connectivity index (χ1v) is 7.67. The lowest BCUT2D eigenvalue weighted by Crippen LogP contribution is -2.37. The molecule has 0 N–H and O–H groups in total. The quantitative estimate of drug-likeness (QED) is 0.735. The van der Waals surface area contributed by atoms with E-state index in [0.29, 0.717) is 24.2 Å². The van der Waals surface area contributed by atoms with Gasteiger partial charge in [-0.1, -0.05) is 33.8 Å². The van der Waals surface area contributed by atoms with Gasteiger partial charge in [0.2, 0.25) is 5.91 Å². The predicted octanol–water partition coefficient (Wildman–Crippen LogP) is 3.82. The van der Waals surface area contributed by atoms with Crippen molar-refractivity contribution in [2.75, 3.05) is 13.1 Å². The smallest absolute Gasteiger partial charge is 0.222 e. The fourth-order valence-electron chi connectivity index (χ4n) is 2.00. The van der Waals surface area contributed by atoms with Crippen LogP contribution in [0.15, 0.2) is 17.5 Å². The topological polar surface area (TPSA) is 20.3 Å². The number of hydrogen-bond acceptors (Lipinski definition) is 2. The van der Waals surface area contributed by atoms with Gasteiger partial charge in [-0.2, -0.15) is 0 Å². The minimum atomic E-state index is 0.297. The van der Waals surface area contributed by atoms with Gasteiger partial charge in [-0.15, -0.1) is 11.3 Å². The van der Waals surface area contributed by atoms with Crippen LogP contribution in [0.1, 0.15) is 39.0 Å². The molecule has 1 aromatic heterocycles. The molecule has 0 unspecified atom stereocenters. The van der Waals surface area contributed by atoms with Crippen LogP contribution in [0, 0.1) is 11.8 Å². The molecule has 0 radical (unpaired) electrons.